The van der Waals surface area contributed by atoms with E-state index in [1.165, 1.54) is 19.2 Å². The molecule has 2 N–H and O–H groups in total. The van der Waals surface area contributed by atoms with Crippen LogP contribution in [0.1, 0.15) is 35.0 Å². The van der Waals surface area contributed by atoms with Gasteiger partial charge >= 0.3 is 5.97 Å². The Morgan fingerprint density at radius 3 is 2.92 bits per heavy atom. The summed E-state index contributed by atoms with van der Waals surface area (Å²) in [6.07, 6.45) is 1.30. The van der Waals surface area contributed by atoms with Crippen LogP contribution in [0.25, 0.3) is 0 Å². The number of carboxylic acids is 1. The highest BCUT2D eigenvalue weighted by molar-refractivity contribution is 7.89. The maximum atomic E-state index is 13.4. The van der Waals surface area contributed by atoms with Crippen LogP contribution in [-0.4, -0.2) is 41.9 Å². The molecule has 1 aromatic carbocycles. The predicted molar refractivity (Wildman–Crippen MR) is 88.6 cm³/mol. The summed E-state index contributed by atoms with van der Waals surface area (Å²) >= 11 is 0. The second-order valence-electron chi connectivity index (χ2n) is 6.04. The number of aromatic carboxylic acids is 1. The Kier molecular flexibility index (Phi) is 5.08. The van der Waals surface area contributed by atoms with Crippen molar-refractivity contribution in [2.75, 3.05) is 6.61 Å². The van der Waals surface area contributed by atoms with Crippen LogP contribution in [0, 0.1) is 5.82 Å². The van der Waals surface area contributed by atoms with E-state index in [-0.39, 0.29) is 4.90 Å². The summed E-state index contributed by atoms with van der Waals surface area (Å²) in [6, 6.07) is 5.49. The van der Waals surface area contributed by atoms with Gasteiger partial charge in [-0.1, -0.05) is 12.1 Å². The zero-order valence-electron chi connectivity index (χ0n) is 13.9. The van der Waals surface area contributed by atoms with E-state index in [1.54, 1.807) is 12.1 Å². The van der Waals surface area contributed by atoms with Gasteiger partial charge < -0.3 is 9.84 Å². The molecule has 1 aromatic heterocycles. The SMILES string of the molecule is Cn1ncc(S(=O)(=O)NC2CCOC(c3cccc(F)c3)C2)c1C(=O)O. The maximum Gasteiger partial charge on any atom is 0.355 e. The van der Waals surface area contributed by atoms with Crippen molar-refractivity contribution in [1.29, 1.82) is 0 Å². The maximum absolute atomic E-state index is 13.4. The highest BCUT2D eigenvalue weighted by Gasteiger charge is 2.32. The molecule has 0 radical (unpaired) electrons. The molecule has 2 unspecified atom stereocenters. The number of nitrogens with zero attached hydrogens (tertiary/aromatic N) is 2. The van der Waals surface area contributed by atoms with Gasteiger partial charge in [0.15, 0.2) is 5.69 Å². The molecule has 8 nitrogen and oxygen atoms in total. The van der Waals surface area contributed by atoms with Crippen molar-refractivity contribution in [3.05, 3.63) is 47.5 Å². The largest absolute Gasteiger partial charge is 0.476 e. The summed E-state index contributed by atoms with van der Waals surface area (Å²) in [6.45, 7) is 0.299. The third-order valence-electron chi connectivity index (χ3n) is 4.22. The van der Waals surface area contributed by atoms with Gasteiger partial charge in [-0.25, -0.2) is 22.3 Å². The summed E-state index contributed by atoms with van der Waals surface area (Å²) in [5.41, 5.74) is 0.216. The normalized spacial score (nSPS) is 20.8. The van der Waals surface area contributed by atoms with E-state index in [1.807, 2.05) is 0 Å². The van der Waals surface area contributed by atoms with E-state index in [0.717, 1.165) is 10.9 Å². The Bertz CT molecular complexity index is 928. The summed E-state index contributed by atoms with van der Waals surface area (Å²) in [7, 11) is -2.71. The lowest BCUT2D eigenvalue weighted by Crippen LogP contribution is -2.40. The fourth-order valence-corrected chi connectivity index (χ4v) is 4.42. The van der Waals surface area contributed by atoms with E-state index in [2.05, 4.69) is 9.82 Å². The number of ether oxygens (including phenoxy) is 1. The molecular weight excluding hydrogens is 365 g/mol. The molecule has 2 aromatic rings. The van der Waals surface area contributed by atoms with Crippen molar-refractivity contribution >= 4 is 16.0 Å². The molecule has 2 atom stereocenters. The van der Waals surface area contributed by atoms with Crippen LogP contribution >= 0.6 is 0 Å². The van der Waals surface area contributed by atoms with E-state index >= 15 is 0 Å². The Morgan fingerprint density at radius 2 is 2.23 bits per heavy atom. The monoisotopic (exact) mass is 383 g/mol. The summed E-state index contributed by atoms with van der Waals surface area (Å²) < 4.78 is 47.8. The fraction of sp³-hybridized carbons (Fsp3) is 0.375. The van der Waals surface area contributed by atoms with Gasteiger partial charge in [-0.15, -0.1) is 0 Å². The first-order valence-corrected chi connectivity index (χ1v) is 9.41. The van der Waals surface area contributed by atoms with Gasteiger partial charge in [-0.3, -0.25) is 4.68 Å². The van der Waals surface area contributed by atoms with Crippen LogP contribution in [0.4, 0.5) is 4.39 Å². The number of halogens is 1. The van der Waals surface area contributed by atoms with Crippen LogP contribution in [0.15, 0.2) is 35.4 Å². The number of hydrogen-bond donors (Lipinski definition) is 2. The molecule has 1 fully saturated rings. The van der Waals surface area contributed by atoms with Crippen molar-refractivity contribution in [3.8, 4) is 0 Å². The summed E-state index contributed by atoms with van der Waals surface area (Å²) in [5.74, 6) is -1.77. The van der Waals surface area contributed by atoms with Gasteiger partial charge in [0, 0.05) is 19.7 Å². The average Bonchev–Trinajstić information content (AvgIpc) is 2.97. The smallest absolute Gasteiger partial charge is 0.355 e. The molecular formula is C16H18FN3O5S. The lowest BCUT2D eigenvalue weighted by molar-refractivity contribution is 0.00387. The first-order chi connectivity index (χ1) is 12.3. The molecule has 1 aliphatic rings. The summed E-state index contributed by atoms with van der Waals surface area (Å²) in [4.78, 5) is 10.9. The fourth-order valence-electron chi connectivity index (χ4n) is 2.98. The van der Waals surface area contributed by atoms with Crippen molar-refractivity contribution < 1.29 is 27.4 Å². The minimum absolute atomic E-state index is 0.299. The number of rotatable bonds is 5. The third kappa shape index (κ3) is 3.76. The molecule has 0 aliphatic carbocycles. The van der Waals surface area contributed by atoms with Gasteiger partial charge in [0.2, 0.25) is 10.0 Å². The molecule has 3 rings (SSSR count). The van der Waals surface area contributed by atoms with Gasteiger partial charge in [0.05, 0.1) is 12.3 Å². The Labute approximate surface area is 149 Å². The third-order valence-corrected chi connectivity index (χ3v) is 5.74. The van der Waals surface area contributed by atoms with Crippen LogP contribution in [0.2, 0.25) is 0 Å². The quantitative estimate of drug-likeness (QED) is 0.809. The lowest BCUT2D eigenvalue weighted by atomic mass is 9.98. The molecule has 1 aliphatic heterocycles. The number of carbonyl (C=O) groups is 1. The van der Waals surface area contributed by atoms with Crippen LogP contribution in [0.3, 0.4) is 0 Å². The number of aryl methyl sites for hydroxylation is 1. The van der Waals surface area contributed by atoms with E-state index in [0.29, 0.717) is 25.0 Å². The molecule has 140 valence electrons. The Balaban J connectivity index is 1.79. The van der Waals surface area contributed by atoms with Crippen LogP contribution in [0.5, 0.6) is 0 Å². The van der Waals surface area contributed by atoms with Gasteiger partial charge in [-0.05, 0) is 30.5 Å². The molecule has 0 saturated carbocycles. The number of hydrogen-bond acceptors (Lipinski definition) is 5. The van der Waals surface area contributed by atoms with E-state index in [9.17, 15) is 22.7 Å². The minimum atomic E-state index is -4.07. The molecule has 26 heavy (non-hydrogen) atoms. The zero-order chi connectivity index (χ0) is 18.9. The highest BCUT2D eigenvalue weighted by Crippen LogP contribution is 2.29. The highest BCUT2D eigenvalue weighted by atomic mass is 32.2. The first kappa shape index (κ1) is 18.5. The first-order valence-electron chi connectivity index (χ1n) is 7.92. The zero-order valence-corrected chi connectivity index (χ0v) is 14.7. The van der Waals surface area contributed by atoms with Crippen molar-refractivity contribution in [3.63, 3.8) is 0 Å². The molecule has 10 heteroatoms. The number of aromatic nitrogens is 2. The number of benzene rings is 1. The Morgan fingerprint density at radius 1 is 1.46 bits per heavy atom. The predicted octanol–water partition coefficient (Wildman–Crippen LogP) is 1.46. The summed E-state index contributed by atoms with van der Waals surface area (Å²) in [5, 5.41) is 12.9. The lowest BCUT2D eigenvalue weighted by Gasteiger charge is -2.30. The van der Waals surface area contributed by atoms with Crippen LogP contribution in [-0.2, 0) is 21.8 Å². The molecule has 0 bridgehead atoms. The number of nitrogens with one attached hydrogen (secondary N) is 1. The Hall–Kier alpha value is -2.30. The number of sulfonamides is 1. The number of carboxylic acid groups (broad SMARTS) is 1. The minimum Gasteiger partial charge on any atom is -0.476 e. The van der Waals surface area contributed by atoms with Gasteiger partial charge in [-0.2, -0.15) is 5.10 Å². The topological polar surface area (TPSA) is 111 Å². The van der Waals surface area contributed by atoms with Gasteiger partial charge in [0.25, 0.3) is 0 Å². The average molecular weight is 383 g/mol. The standard InChI is InChI=1S/C16H18FN3O5S/c1-20-15(16(21)22)14(9-18-20)26(23,24)19-12-5-6-25-13(8-12)10-3-2-4-11(17)7-10/h2-4,7,9,12-13,19H,5-6,8H2,1H3,(H,21,22). The van der Waals surface area contributed by atoms with Gasteiger partial charge in [0.1, 0.15) is 10.7 Å². The van der Waals surface area contributed by atoms with E-state index in [4.69, 9.17) is 4.74 Å². The molecule has 0 amide bonds. The second kappa shape index (κ2) is 7.14. The van der Waals surface area contributed by atoms with Crippen LogP contribution < -0.4 is 4.72 Å². The van der Waals surface area contributed by atoms with Crippen molar-refractivity contribution in [1.82, 2.24) is 14.5 Å². The van der Waals surface area contributed by atoms with Crippen molar-refractivity contribution in [2.45, 2.75) is 29.9 Å². The molecule has 0 spiro atoms. The molecule has 1 saturated heterocycles. The molecule has 2 heterocycles. The second-order valence-corrected chi connectivity index (χ2v) is 7.73. The van der Waals surface area contributed by atoms with E-state index < -0.39 is 39.6 Å². The van der Waals surface area contributed by atoms with Crippen molar-refractivity contribution in [2.24, 2.45) is 7.05 Å².